The minimum absolute atomic E-state index is 0.0498. The zero-order chi connectivity index (χ0) is 22.5. The van der Waals surface area contributed by atoms with Crippen LogP contribution in [0.15, 0.2) is 24.5 Å². The normalized spacial score (nSPS) is 19.0. The number of aromatic nitrogens is 5. The SMILES string of the molecule is COC1(C)CN(c2ccc(Cn3cc(C(=O)N[C@@H]4CCc5c4n[nH]c5C)cn3)c(C)n2)C1. The summed E-state index contributed by atoms with van der Waals surface area (Å²) in [6.45, 7) is 8.38. The quantitative estimate of drug-likeness (QED) is 0.616. The van der Waals surface area contributed by atoms with E-state index in [0.717, 1.165) is 54.4 Å². The molecular weight excluding hydrogens is 406 g/mol. The predicted octanol–water partition coefficient (Wildman–Crippen LogP) is 2.31. The van der Waals surface area contributed by atoms with Gasteiger partial charge >= 0.3 is 0 Å². The van der Waals surface area contributed by atoms with Gasteiger partial charge in [-0.2, -0.15) is 10.2 Å². The van der Waals surface area contributed by atoms with Gasteiger partial charge in [-0.1, -0.05) is 6.07 Å². The molecule has 1 aliphatic heterocycles. The van der Waals surface area contributed by atoms with Crippen LogP contribution in [-0.4, -0.2) is 56.7 Å². The van der Waals surface area contributed by atoms with Crippen molar-refractivity contribution in [3.63, 3.8) is 0 Å². The van der Waals surface area contributed by atoms with E-state index in [1.54, 1.807) is 24.2 Å². The fourth-order valence-electron chi connectivity index (χ4n) is 4.60. The van der Waals surface area contributed by atoms with Crippen molar-refractivity contribution >= 4 is 11.7 Å². The number of hydrogen-bond acceptors (Lipinski definition) is 6. The molecule has 0 radical (unpaired) electrons. The van der Waals surface area contributed by atoms with E-state index in [0.29, 0.717) is 12.1 Å². The van der Waals surface area contributed by atoms with Crippen molar-refractivity contribution in [2.45, 2.75) is 51.8 Å². The molecule has 4 heterocycles. The molecule has 3 aromatic heterocycles. The molecule has 1 fully saturated rings. The number of aromatic amines is 1. The number of carbonyl (C=O) groups is 1. The minimum Gasteiger partial charge on any atom is -0.375 e. The lowest BCUT2D eigenvalue weighted by molar-refractivity contribution is -0.0171. The molecule has 5 rings (SSSR count). The standard InChI is InChI=1S/C23H29N7O2/c1-14-16(5-8-20(25-14)29-12-23(3,13-29)32-4)10-30-11-17(9-24-30)22(31)26-19-7-6-18-15(2)27-28-21(18)19/h5,8-9,11,19H,6-7,10,12-13H2,1-4H3,(H,26,31)(H,27,28)/t19-/m1/s1. The number of carbonyl (C=O) groups excluding carboxylic acids is 1. The van der Waals surface area contributed by atoms with Crippen molar-refractivity contribution in [3.05, 3.63) is 58.3 Å². The van der Waals surface area contributed by atoms with E-state index >= 15 is 0 Å². The number of aryl methyl sites for hydroxylation is 2. The van der Waals surface area contributed by atoms with Gasteiger partial charge in [0.05, 0.1) is 35.6 Å². The number of nitrogens with zero attached hydrogens (tertiary/aromatic N) is 5. The summed E-state index contributed by atoms with van der Waals surface area (Å²) in [6, 6.07) is 4.07. The van der Waals surface area contributed by atoms with Crippen molar-refractivity contribution < 1.29 is 9.53 Å². The van der Waals surface area contributed by atoms with Gasteiger partial charge in [0.2, 0.25) is 0 Å². The zero-order valence-corrected chi connectivity index (χ0v) is 19.0. The van der Waals surface area contributed by atoms with Crippen LogP contribution in [0.25, 0.3) is 0 Å². The van der Waals surface area contributed by atoms with Gasteiger partial charge in [-0.05, 0) is 50.8 Å². The largest absolute Gasteiger partial charge is 0.375 e. The first-order valence-electron chi connectivity index (χ1n) is 11.0. The summed E-state index contributed by atoms with van der Waals surface area (Å²) in [4.78, 5) is 19.7. The maximum absolute atomic E-state index is 12.8. The van der Waals surface area contributed by atoms with E-state index in [2.05, 4.69) is 38.5 Å². The highest BCUT2D eigenvalue weighted by Crippen LogP contribution is 2.31. The number of pyridine rings is 1. The summed E-state index contributed by atoms with van der Waals surface area (Å²) in [5.41, 5.74) is 5.76. The van der Waals surface area contributed by atoms with Crippen molar-refractivity contribution in [2.75, 3.05) is 25.1 Å². The van der Waals surface area contributed by atoms with Crippen LogP contribution in [-0.2, 0) is 17.7 Å². The Morgan fingerprint density at radius 3 is 2.91 bits per heavy atom. The average Bonchev–Trinajstić information content (AvgIpc) is 3.46. The lowest BCUT2D eigenvalue weighted by Crippen LogP contribution is -2.61. The highest BCUT2D eigenvalue weighted by Gasteiger charge is 2.39. The van der Waals surface area contributed by atoms with Gasteiger partial charge in [0.15, 0.2) is 0 Å². The summed E-state index contributed by atoms with van der Waals surface area (Å²) in [6.07, 6.45) is 5.22. The summed E-state index contributed by atoms with van der Waals surface area (Å²) >= 11 is 0. The number of rotatable bonds is 6. The van der Waals surface area contributed by atoms with Crippen LogP contribution in [0.3, 0.4) is 0 Å². The second-order valence-electron chi connectivity index (χ2n) is 9.13. The summed E-state index contributed by atoms with van der Waals surface area (Å²) in [7, 11) is 1.75. The van der Waals surface area contributed by atoms with Crippen molar-refractivity contribution in [1.29, 1.82) is 0 Å². The Balaban J connectivity index is 1.22. The van der Waals surface area contributed by atoms with Gasteiger partial charge in [0, 0.05) is 37.8 Å². The van der Waals surface area contributed by atoms with E-state index in [1.807, 2.05) is 19.9 Å². The third-order valence-electron chi connectivity index (χ3n) is 6.70. The fourth-order valence-corrected chi connectivity index (χ4v) is 4.60. The number of anilines is 1. The third kappa shape index (κ3) is 3.66. The molecule has 9 heteroatoms. The van der Waals surface area contributed by atoms with Gasteiger partial charge in [0.1, 0.15) is 5.82 Å². The minimum atomic E-state index is -0.126. The van der Waals surface area contributed by atoms with Crippen LogP contribution in [0.1, 0.15) is 58.0 Å². The first-order valence-corrected chi connectivity index (χ1v) is 11.0. The van der Waals surface area contributed by atoms with E-state index < -0.39 is 0 Å². The smallest absolute Gasteiger partial charge is 0.255 e. The Bertz CT molecular complexity index is 1160. The van der Waals surface area contributed by atoms with Crippen molar-refractivity contribution in [2.24, 2.45) is 0 Å². The van der Waals surface area contributed by atoms with Crippen molar-refractivity contribution in [3.8, 4) is 0 Å². The molecule has 9 nitrogen and oxygen atoms in total. The third-order valence-corrected chi connectivity index (χ3v) is 6.70. The van der Waals surface area contributed by atoms with Gasteiger partial charge < -0.3 is 15.0 Å². The van der Waals surface area contributed by atoms with Crippen LogP contribution in [0, 0.1) is 13.8 Å². The molecule has 0 unspecified atom stereocenters. The van der Waals surface area contributed by atoms with Crippen LogP contribution in [0.5, 0.6) is 0 Å². The summed E-state index contributed by atoms with van der Waals surface area (Å²) in [5, 5.41) is 14.9. The maximum atomic E-state index is 12.8. The van der Waals surface area contributed by atoms with Gasteiger partial charge in [0.25, 0.3) is 5.91 Å². The predicted molar refractivity (Wildman–Crippen MR) is 120 cm³/mol. The van der Waals surface area contributed by atoms with Gasteiger partial charge in [-0.15, -0.1) is 0 Å². The van der Waals surface area contributed by atoms with Gasteiger partial charge in [-0.25, -0.2) is 4.98 Å². The number of amides is 1. The highest BCUT2D eigenvalue weighted by molar-refractivity contribution is 5.94. The second-order valence-corrected chi connectivity index (χ2v) is 9.13. The summed E-state index contributed by atoms with van der Waals surface area (Å²) in [5.74, 6) is 0.838. The molecule has 2 aliphatic rings. The number of methoxy groups -OCH3 is 1. The van der Waals surface area contributed by atoms with Gasteiger partial charge in [-0.3, -0.25) is 14.6 Å². The monoisotopic (exact) mass is 435 g/mol. The Labute approximate surface area is 187 Å². The molecule has 1 atom stereocenters. The molecule has 1 aliphatic carbocycles. The molecule has 0 aromatic carbocycles. The molecule has 0 spiro atoms. The molecular formula is C23H29N7O2. The molecule has 0 saturated carbocycles. The molecule has 1 saturated heterocycles. The number of hydrogen-bond donors (Lipinski definition) is 2. The molecule has 3 aromatic rings. The lowest BCUT2D eigenvalue weighted by atomic mass is 9.96. The second kappa shape index (κ2) is 7.74. The van der Waals surface area contributed by atoms with Crippen molar-refractivity contribution in [1.82, 2.24) is 30.3 Å². The van der Waals surface area contributed by atoms with E-state index in [-0.39, 0.29) is 17.6 Å². The van der Waals surface area contributed by atoms with E-state index in [4.69, 9.17) is 9.72 Å². The Kier molecular flexibility index (Phi) is 5.00. The van der Waals surface area contributed by atoms with E-state index in [1.165, 1.54) is 5.56 Å². The first-order chi connectivity index (χ1) is 15.3. The van der Waals surface area contributed by atoms with Crippen LogP contribution in [0.2, 0.25) is 0 Å². The number of ether oxygens (including phenoxy) is 1. The van der Waals surface area contributed by atoms with Crippen LogP contribution in [0.4, 0.5) is 5.82 Å². The topological polar surface area (TPSA) is 101 Å². The van der Waals surface area contributed by atoms with Crippen LogP contribution >= 0.6 is 0 Å². The summed E-state index contributed by atoms with van der Waals surface area (Å²) < 4.78 is 7.30. The Morgan fingerprint density at radius 1 is 1.34 bits per heavy atom. The van der Waals surface area contributed by atoms with E-state index in [9.17, 15) is 4.79 Å². The Morgan fingerprint density at radius 2 is 2.16 bits per heavy atom. The Hall–Kier alpha value is -3.20. The fraction of sp³-hybridized carbons (Fsp3) is 0.478. The molecule has 2 N–H and O–H groups in total. The first kappa shape index (κ1) is 20.7. The average molecular weight is 436 g/mol. The zero-order valence-electron chi connectivity index (χ0n) is 19.0. The lowest BCUT2D eigenvalue weighted by Gasteiger charge is -2.47. The maximum Gasteiger partial charge on any atom is 0.255 e. The molecule has 1 amide bonds. The number of H-pyrrole nitrogens is 1. The molecule has 0 bridgehead atoms. The van der Waals surface area contributed by atoms with Crippen LogP contribution < -0.4 is 10.2 Å². The molecule has 32 heavy (non-hydrogen) atoms. The number of nitrogens with one attached hydrogen (secondary N) is 2. The molecule has 168 valence electrons. The number of fused-ring (bicyclic) bond motifs is 1. The highest BCUT2D eigenvalue weighted by atomic mass is 16.5.